The lowest BCUT2D eigenvalue weighted by atomic mass is 10.1. The SMILES string of the molecule is COc1ccc(-c2noc(-c3ccccc3C)n2)cc1C(F)(F)F. The third-order valence-electron chi connectivity index (χ3n) is 3.56. The van der Waals surface area contributed by atoms with Gasteiger partial charge in [-0.3, -0.25) is 0 Å². The number of methoxy groups -OCH3 is 1. The van der Waals surface area contributed by atoms with E-state index in [0.717, 1.165) is 17.2 Å². The predicted molar refractivity (Wildman–Crippen MR) is 81.5 cm³/mol. The summed E-state index contributed by atoms with van der Waals surface area (Å²) in [6.45, 7) is 1.88. The van der Waals surface area contributed by atoms with Crippen LogP contribution >= 0.6 is 0 Å². The van der Waals surface area contributed by atoms with E-state index in [4.69, 9.17) is 9.26 Å². The fourth-order valence-corrected chi connectivity index (χ4v) is 2.33. The number of alkyl halides is 3. The van der Waals surface area contributed by atoms with Crippen molar-refractivity contribution in [3.05, 3.63) is 53.6 Å². The molecule has 1 heterocycles. The molecular weight excluding hydrogens is 321 g/mol. The number of benzene rings is 2. The Hall–Kier alpha value is -2.83. The molecule has 0 atom stereocenters. The van der Waals surface area contributed by atoms with Gasteiger partial charge < -0.3 is 9.26 Å². The molecule has 0 N–H and O–H groups in total. The van der Waals surface area contributed by atoms with Gasteiger partial charge in [-0.2, -0.15) is 18.2 Å². The fraction of sp³-hybridized carbons (Fsp3) is 0.176. The number of halogens is 3. The van der Waals surface area contributed by atoms with Crippen LogP contribution in [0.15, 0.2) is 47.0 Å². The monoisotopic (exact) mass is 334 g/mol. The van der Waals surface area contributed by atoms with Crippen LogP contribution in [-0.4, -0.2) is 17.3 Å². The van der Waals surface area contributed by atoms with Crippen molar-refractivity contribution in [3.63, 3.8) is 0 Å². The normalized spacial score (nSPS) is 11.5. The standard InChI is InChI=1S/C17H13F3N2O2/c1-10-5-3-4-6-12(10)16-21-15(22-24-16)11-7-8-14(23-2)13(9-11)17(18,19)20/h3-9H,1-2H3. The Morgan fingerprint density at radius 2 is 1.83 bits per heavy atom. The van der Waals surface area contributed by atoms with Crippen LogP contribution in [0.2, 0.25) is 0 Å². The number of ether oxygens (including phenoxy) is 1. The summed E-state index contributed by atoms with van der Waals surface area (Å²) in [5, 5.41) is 3.79. The molecule has 3 aromatic rings. The van der Waals surface area contributed by atoms with Crippen LogP contribution < -0.4 is 4.74 Å². The van der Waals surface area contributed by atoms with E-state index in [1.54, 1.807) is 0 Å². The molecule has 0 amide bonds. The Kier molecular flexibility index (Phi) is 4.01. The molecule has 0 saturated heterocycles. The quantitative estimate of drug-likeness (QED) is 0.694. The highest BCUT2D eigenvalue weighted by atomic mass is 19.4. The maximum Gasteiger partial charge on any atom is 0.419 e. The van der Waals surface area contributed by atoms with E-state index in [0.29, 0.717) is 0 Å². The van der Waals surface area contributed by atoms with E-state index in [2.05, 4.69) is 10.1 Å². The van der Waals surface area contributed by atoms with Gasteiger partial charge in [0.05, 0.1) is 12.7 Å². The molecule has 1 aromatic heterocycles. The van der Waals surface area contributed by atoms with Gasteiger partial charge in [0, 0.05) is 11.1 Å². The Bertz CT molecular complexity index is 872. The Labute approximate surface area is 135 Å². The molecule has 2 aromatic carbocycles. The van der Waals surface area contributed by atoms with E-state index in [9.17, 15) is 13.2 Å². The molecule has 7 heteroatoms. The third-order valence-corrected chi connectivity index (χ3v) is 3.56. The molecule has 0 fully saturated rings. The average molecular weight is 334 g/mol. The molecule has 124 valence electrons. The van der Waals surface area contributed by atoms with Crippen LogP contribution in [-0.2, 0) is 6.18 Å². The van der Waals surface area contributed by atoms with Gasteiger partial charge >= 0.3 is 6.18 Å². The highest BCUT2D eigenvalue weighted by molar-refractivity contribution is 5.63. The maximum atomic E-state index is 13.1. The van der Waals surface area contributed by atoms with Crippen molar-refractivity contribution in [1.29, 1.82) is 0 Å². The first-order chi connectivity index (χ1) is 11.4. The van der Waals surface area contributed by atoms with E-state index in [-0.39, 0.29) is 23.0 Å². The number of aromatic nitrogens is 2. The smallest absolute Gasteiger partial charge is 0.419 e. The average Bonchev–Trinajstić information content (AvgIpc) is 3.03. The second-order valence-electron chi connectivity index (χ2n) is 5.15. The van der Waals surface area contributed by atoms with Crippen molar-refractivity contribution >= 4 is 0 Å². The molecule has 0 bridgehead atoms. The van der Waals surface area contributed by atoms with Crippen LogP contribution in [0.25, 0.3) is 22.8 Å². The van der Waals surface area contributed by atoms with E-state index < -0.39 is 11.7 Å². The third kappa shape index (κ3) is 2.97. The van der Waals surface area contributed by atoms with Crippen LogP contribution in [0, 0.1) is 6.92 Å². The molecule has 0 aliphatic rings. The van der Waals surface area contributed by atoms with Crippen LogP contribution in [0.4, 0.5) is 13.2 Å². The number of hydrogen-bond acceptors (Lipinski definition) is 4. The largest absolute Gasteiger partial charge is 0.496 e. The summed E-state index contributed by atoms with van der Waals surface area (Å²) < 4.78 is 49.3. The maximum absolute atomic E-state index is 13.1. The predicted octanol–water partition coefficient (Wildman–Crippen LogP) is 4.74. The minimum atomic E-state index is -4.54. The van der Waals surface area contributed by atoms with Gasteiger partial charge in [-0.25, -0.2) is 0 Å². The number of aryl methyl sites for hydroxylation is 1. The first kappa shape index (κ1) is 16.0. The molecule has 0 aliphatic heterocycles. The second kappa shape index (κ2) is 5.99. The Morgan fingerprint density at radius 1 is 1.08 bits per heavy atom. The highest BCUT2D eigenvalue weighted by Crippen LogP contribution is 2.38. The van der Waals surface area contributed by atoms with Gasteiger partial charge in [0.2, 0.25) is 5.82 Å². The summed E-state index contributed by atoms with van der Waals surface area (Å²) in [7, 11) is 1.19. The zero-order valence-corrected chi connectivity index (χ0v) is 12.9. The summed E-state index contributed by atoms with van der Waals surface area (Å²) >= 11 is 0. The van der Waals surface area contributed by atoms with Crippen LogP contribution in [0.1, 0.15) is 11.1 Å². The molecule has 0 unspecified atom stereocenters. The number of rotatable bonds is 3. The second-order valence-corrected chi connectivity index (χ2v) is 5.15. The van der Waals surface area contributed by atoms with Crippen molar-refractivity contribution in [2.45, 2.75) is 13.1 Å². The van der Waals surface area contributed by atoms with E-state index in [1.807, 2.05) is 31.2 Å². The van der Waals surface area contributed by atoms with Crippen LogP contribution in [0.5, 0.6) is 5.75 Å². The van der Waals surface area contributed by atoms with E-state index in [1.165, 1.54) is 19.2 Å². The molecule has 4 nitrogen and oxygen atoms in total. The first-order valence-corrected chi connectivity index (χ1v) is 7.05. The lowest BCUT2D eigenvalue weighted by Gasteiger charge is -2.12. The minimum Gasteiger partial charge on any atom is -0.496 e. The molecular formula is C17H13F3N2O2. The molecule has 3 rings (SSSR count). The molecule has 0 aliphatic carbocycles. The lowest BCUT2D eigenvalue weighted by Crippen LogP contribution is -2.07. The summed E-state index contributed by atoms with van der Waals surface area (Å²) in [6, 6.07) is 11.0. The number of hydrogen-bond donors (Lipinski definition) is 0. The van der Waals surface area contributed by atoms with Gasteiger partial charge in [-0.1, -0.05) is 23.4 Å². The summed E-state index contributed by atoms with van der Waals surface area (Å²) in [4.78, 5) is 4.20. The van der Waals surface area contributed by atoms with Crippen molar-refractivity contribution in [1.82, 2.24) is 10.1 Å². The Balaban J connectivity index is 2.04. The van der Waals surface area contributed by atoms with Crippen molar-refractivity contribution in [2.75, 3.05) is 7.11 Å². The number of nitrogens with zero attached hydrogens (tertiary/aromatic N) is 2. The van der Waals surface area contributed by atoms with Gasteiger partial charge in [-0.15, -0.1) is 0 Å². The van der Waals surface area contributed by atoms with Gasteiger partial charge in [-0.05, 0) is 36.8 Å². The zero-order chi connectivity index (χ0) is 17.3. The molecule has 0 spiro atoms. The highest BCUT2D eigenvalue weighted by Gasteiger charge is 2.35. The van der Waals surface area contributed by atoms with Crippen molar-refractivity contribution in [3.8, 4) is 28.6 Å². The van der Waals surface area contributed by atoms with Gasteiger partial charge in [0.25, 0.3) is 5.89 Å². The summed E-state index contributed by atoms with van der Waals surface area (Å²) in [6.07, 6.45) is -4.54. The fourth-order valence-electron chi connectivity index (χ4n) is 2.33. The molecule has 0 saturated carbocycles. The lowest BCUT2D eigenvalue weighted by molar-refractivity contribution is -0.138. The van der Waals surface area contributed by atoms with E-state index >= 15 is 0 Å². The summed E-state index contributed by atoms with van der Waals surface area (Å²) in [5.41, 5.74) is 0.982. The Morgan fingerprint density at radius 3 is 2.50 bits per heavy atom. The molecule has 0 radical (unpaired) electrons. The van der Waals surface area contributed by atoms with Gasteiger partial charge in [0.1, 0.15) is 5.75 Å². The minimum absolute atomic E-state index is 0.0846. The van der Waals surface area contributed by atoms with Crippen molar-refractivity contribution in [2.24, 2.45) is 0 Å². The summed E-state index contributed by atoms with van der Waals surface area (Å²) in [5.74, 6) is 0.0859. The van der Waals surface area contributed by atoms with Crippen molar-refractivity contribution < 1.29 is 22.4 Å². The van der Waals surface area contributed by atoms with Crippen LogP contribution in [0.3, 0.4) is 0 Å². The first-order valence-electron chi connectivity index (χ1n) is 7.05. The topological polar surface area (TPSA) is 48.2 Å². The zero-order valence-electron chi connectivity index (χ0n) is 12.9. The van der Waals surface area contributed by atoms with Gasteiger partial charge in [0.15, 0.2) is 0 Å². The molecule has 24 heavy (non-hydrogen) atoms.